The van der Waals surface area contributed by atoms with Crippen LogP contribution in [0.3, 0.4) is 0 Å². The second-order valence-corrected chi connectivity index (χ2v) is 8.55. The lowest BCUT2D eigenvalue weighted by Gasteiger charge is -2.19. The average Bonchev–Trinajstić information content (AvgIpc) is 2.75. The molecule has 0 spiro atoms. The summed E-state index contributed by atoms with van der Waals surface area (Å²) in [6.07, 6.45) is 12.1. The van der Waals surface area contributed by atoms with Crippen molar-refractivity contribution in [2.24, 2.45) is 5.73 Å². The van der Waals surface area contributed by atoms with Gasteiger partial charge in [-0.3, -0.25) is 18.6 Å². The number of phosphoric ester groups is 1. The Morgan fingerprint density at radius 2 is 1.65 bits per heavy atom. The third kappa shape index (κ3) is 19.2. The first-order valence-electron chi connectivity index (χ1n) is 11.2. The topological polar surface area (TPSA) is 134 Å². The summed E-state index contributed by atoms with van der Waals surface area (Å²) in [7, 11) is -4.32. The van der Waals surface area contributed by atoms with E-state index in [1.54, 1.807) is 6.92 Å². The van der Waals surface area contributed by atoms with Crippen LogP contribution >= 0.6 is 7.82 Å². The van der Waals surface area contributed by atoms with Crippen LogP contribution in [0.2, 0.25) is 0 Å². The number of rotatable bonds is 20. The fourth-order valence-electron chi connectivity index (χ4n) is 2.50. The highest BCUT2D eigenvalue weighted by Crippen LogP contribution is 2.43. The van der Waals surface area contributed by atoms with Crippen LogP contribution < -0.4 is 5.73 Å². The summed E-state index contributed by atoms with van der Waals surface area (Å²) in [5.74, 6) is -0.948. The number of carbonyl (C=O) groups is 2. The number of phosphoric acid groups is 1. The van der Waals surface area contributed by atoms with E-state index in [-0.39, 0.29) is 32.6 Å². The molecule has 3 N–H and O–H groups in total. The maximum absolute atomic E-state index is 12.1. The fourth-order valence-corrected chi connectivity index (χ4v) is 3.26. The van der Waals surface area contributed by atoms with Gasteiger partial charge in [-0.2, -0.15) is 0 Å². The minimum absolute atomic E-state index is 0.0516. The van der Waals surface area contributed by atoms with Crippen LogP contribution in [0, 0.1) is 0 Å². The second-order valence-electron chi connectivity index (χ2n) is 7.10. The first-order chi connectivity index (χ1) is 14.8. The van der Waals surface area contributed by atoms with Gasteiger partial charge in [0, 0.05) is 19.4 Å². The maximum Gasteiger partial charge on any atom is 0.472 e. The molecule has 0 bridgehead atoms. The Hall–Kier alpha value is -1.25. The highest BCUT2D eigenvalue weighted by Gasteiger charge is 2.25. The smallest absolute Gasteiger partial charge is 0.462 e. The van der Waals surface area contributed by atoms with Gasteiger partial charge in [0.1, 0.15) is 6.61 Å². The van der Waals surface area contributed by atoms with Gasteiger partial charge in [-0.25, -0.2) is 4.57 Å². The largest absolute Gasteiger partial charge is 0.472 e. The van der Waals surface area contributed by atoms with E-state index in [9.17, 15) is 19.0 Å². The Morgan fingerprint density at radius 1 is 0.968 bits per heavy atom. The molecule has 2 atom stereocenters. The molecule has 0 amide bonds. The monoisotopic (exact) mass is 465 g/mol. The summed E-state index contributed by atoms with van der Waals surface area (Å²) < 4.78 is 31.4. The lowest BCUT2D eigenvalue weighted by atomic mass is 10.1. The summed E-state index contributed by atoms with van der Waals surface area (Å²) >= 11 is 0. The normalized spacial score (nSPS) is 14.3. The predicted octanol–water partition coefficient (Wildman–Crippen LogP) is 4.03. The molecule has 10 heteroatoms. The minimum Gasteiger partial charge on any atom is -0.462 e. The van der Waals surface area contributed by atoms with Crippen molar-refractivity contribution in [3.63, 3.8) is 0 Å². The van der Waals surface area contributed by atoms with Gasteiger partial charge < -0.3 is 20.1 Å². The zero-order valence-electron chi connectivity index (χ0n) is 19.0. The zero-order valence-corrected chi connectivity index (χ0v) is 19.9. The molecule has 0 aliphatic carbocycles. The summed E-state index contributed by atoms with van der Waals surface area (Å²) in [6, 6.07) is 0. The molecule has 0 saturated heterocycles. The van der Waals surface area contributed by atoms with Gasteiger partial charge in [-0.1, -0.05) is 51.7 Å². The van der Waals surface area contributed by atoms with Crippen molar-refractivity contribution < 1.29 is 37.6 Å². The molecule has 0 aromatic carbocycles. The van der Waals surface area contributed by atoms with Crippen LogP contribution in [0.1, 0.15) is 78.1 Å². The average molecular weight is 466 g/mol. The van der Waals surface area contributed by atoms with Gasteiger partial charge in [0.05, 0.1) is 13.2 Å². The molecule has 2 unspecified atom stereocenters. The summed E-state index contributed by atoms with van der Waals surface area (Å²) in [4.78, 5) is 33.0. The first kappa shape index (κ1) is 29.8. The SMILES string of the molecule is CCC/C=C\CCCCCCCC(=O)OC(COC(=O)CC)COP(=O)(O)OCCN. The number of unbranched alkanes of at least 4 members (excludes halogenated alkanes) is 6. The standard InChI is InChI=1S/C21H40NO8P/c1-3-5-6-7-8-9-10-11-12-13-14-21(24)30-19(17-27-20(23)4-2)18-29-31(25,26)28-16-15-22/h6-7,19H,3-5,8-18,22H2,1-2H3,(H,25,26)/b7-6-. The number of ether oxygens (including phenoxy) is 2. The Kier molecular flexibility index (Phi) is 18.7. The second kappa shape index (κ2) is 19.4. The van der Waals surface area contributed by atoms with Crippen molar-refractivity contribution in [1.29, 1.82) is 0 Å². The summed E-state index contributed by atoms with van der Waals surface area (Å²) in [5.41, 5.74) is 5.22. The Bertz CT molecular complexity index is 555. The van der Waals surface area contributed by atoms with E-state index in [2.05, 4.69) is 23.6 Å². The van der Waals surface area contributed by atoms with Gasteiger partial charge >= 0.3 is 19.8 Å². The number of nitrogens with two attached hydrogens (primary N) is 1. The van der Waals surface area contributed by atoms with Crippen molar-refractivity contribution in [3.05, 3.63) is 12.2 Å². The van der Waals surface area contributed by atoms with E-state index in [0.717, 1.165) is 38.5 Å². The number of allylic oxidation sites excluding steroid dienone is 2. The Balaban J connectivity index is 4.22. The third-order valence-corrected chi connectivity index (χ3v) is 5.17. The van der Waals surface area contributed by atoms with E-state index < -0.39 is 32.5 Å². The van der Waals surface area contributed by atoms with Crippen LogP contribution in [-0.4, -0.2) is 49.3 Å². The summed E-state index contributed by atoms with van der Waals surface area (Å²) in [5, 5.41) is 0. The highest BCUT2D eigenvalue weighted by molar-refractivity contribution is 7.47. The van der Waals surface area contributed by atoms with Gasteiger partial charge in [0.25, 0.3) is 0 Å². The lowest BCUT2D eigenvalue weighted by Crippen LogP contribution is -2.29. The molecule has 31 heavy (non-hydrogen) atoms. The molecule has 0 saturated carbocycles. The van der Waals surface area contributed by atoms with Crippen molar-refractivity contribution in [3.8, 4) is 0 Å². The van der Waals surface area contributed by atoms with Gasteiger partial charge in [-0.05, 0) is 25.7 Å². The molecule has 0 aromatic heterocycles. The van der Waals surface area contributed by atoms with E-state index >= 15 is 0 Å². The molecule has 0 radical (unpaired) electrons. The lowest BCUT2D eigenvalue weighted by molar-refractivity contribution is -0.161. The molecule has 0 aliphatic rings. The molecule has 0 aliphatic heterocycles. The molecular formula is C21H40NO8P. The molecule has 0 heterocycles. The fraction of sp³-hybridized carbons (Fsp3) is 0.810. The van der Waals surface area contributed by atoms with Crippen molar-refractivity contribution >= 4 is 19.8 Å². The van der Waals surface area contributed by atoms with Crippen LogP contribution in [-0.2, 0) is 32.7 Å². The van der Waals surface area contributed by atoms with Gasteiger partial charge in [-0.15, -0.1) is 0 Å². The Labute approximate surface area is 186 Å². The molecule has 9 nitrogen and oxygen atoms in total. The van der Waals surface area contributed by atoms with Crippen molar-refractivity contribution in [1.82, 2.24) is 0 Å². The van der Waals surface area contributed by atoms with Crippen LogP contribution in [0.5, 0.6) is 0 Å². The van der Waals surface area contributed by atoms with Crippen LogP contribution in [0.4, 0.5) is 0 Å². The molecule has 0 fully saturated rings. The van der Waals surface area contributed by atoms with Crippen LogP contribution in [0.25, 0.3) is 0 Å². The number of hydrogen-bond donors (Lipinski definition) is 2. The van der Waals surface area contributed by atoms with E-state index in [1.165, 1.54) is 6.42 Å². The maximum atomic E-state index is 12.1. The van der Waals surface area contributed by atoms with Gasteiger partial charge in [0.15, 0.2) is 6.10 Å². The van der Waals surface area contributed by atoms with E-state index in [0.29, 0.717) is 6.42 Å². The molecule has 0 rings (SSSR count). The van der Waals surface area contributed by atoms with Crippen LogP contribution in [0.15, 0.2) is 12.2 Å². The minimum atomic E-state index is -4.32. The zero-order chi connectivity index (χ0) is 23.4. The first-order valence-corrected chi connectivity index (χ1v) is 12.7. The summed E-state index contributed by atoms with van der Waals surface area (Å²) in [6.45, 7) is 2.98. The van der Waals surface area contributed by atoms with Gasteiger partial charge in [0.2, 0.25) is 0 Å². The quantitative estimate of drug-likeness (QED) is 0.118. The predicted molar refractivity (Wildman–Crippen MR) is 118 cm³/mol. The highest BCUT2D eigenvalue weighted by atomic mass is 31.2. The van der Waals surface area contributed by atoms with Crippen molar-refractivity contribution in [2.45, 2.75) is 84.2 Å². The third-order valence-electron chi connectivity index (χ3n) is 4.19. The number of esters is 2. The number of carbonyl (C=O) groups excluding carboxylic acids is 2. The molecule has 182 valence electrons. The number of hydrogen-bond acceptors (Lipinski definition) is 8. The molecular weight excluding hydrogens is 425 g/mol. The van der Waals surface area contributed by atoms with E-state index in [1.807, 2.05) is 0 Å². The van der Waals surface area contributed by atoms with Crippen molar-refractivity contribution in [2.75, 3.05) is 26.4 Å². The molecule has 0 aromatic rings. The Morgan fingerprint density at radius 3 is 2.32 bits per heavy atom. The van der Waals surface area contributed by atoms with E-state index in [4.69, 9.17) is 19.7 Å².